The second kappa shape index (κ2) is 3.59. The summed E-state index contributed by atoms with van der Waals surface area (Å²) < 4.78 is 2.07. The molecule has 1 aliphatic carbocycles. The third kappa shape index (κ3) is 1.95. The SMILES string of the molecule is CC1(CNCc2cn3ccccc3n2)CC1. The van der Waals surface area contributed by atoms with Crippen LogP contribution in [0.5, 0.6) is 0 Å². The van der Waals surface area contributed by atoms with Crippen molar-refractivity contribution < 1.29 is 0 Å². The van der Waals surface area contributed by atoms with Crippen molar-refractivity contribution in [3.05, 3.63) is 36.3 Å². The molecule has 0 bridgehead atoms. The third-order valence-electron chi connectivity index (χ3n) is 3.38. The molecule has 0 saturated heterocycles. The Labute approximate surface area is 95.5 Å². The van der Waals surface area contributed by atoms with Gasteiger partial charge in [-0.15, -0.1) is 0 Å². The highest BCUT2D eigenvalue weighted by Crippen LogP contribution is 2.44. The molecule has 2 heterocycles. The Balaban J connectivity index is 1.65. The molecule has 0 aliphatic heterocycles. The van der Waals surface area contributed by atoms with E-state index in [1.807, 2.05) is 24.4 Å². The molecule has 0 unspecified atom stereocenters. The van der Waals surface area contributed by atoms with Gasteiger partial charge in [-0.1, -0.05) is 13.0 Å². The van der Waals surface area contributed by atoms with Crippen molar-refractivity contribution in [3.8, 4) is 0 Å². The number of aromatic nitrogens is 2. The molecule has 84 valence electrons. The molecule has 0 radical (unpaired) electrons. The third-order valence-corrected chi connectivity index (χ3v) is 3.38. The molecular formula is C13H17N3. The van der Waals surface area contributed by atoms with Gasteiger partial charge in [-0.05, 0) is 30.4 Å². The fourth-order valence-corrected chi connectivity index (χ4v) is 1.95. The van der Waals surface area contributed by atoms with Crippen LogP contribution in [0.15, 0.2) is 30.6 Å². The number of hydrogen-bond acceptors (Lipinski definition) is 2. The summed E-state index contributed by atoms with van der Waals surface area (Å²) in [6.45, 7) is 4.32. The zero-order valence-electron chi connectivity index (χ0n) is 9.61. The molecule has 0 spiro atoms. The number of fused-ring (bicyclic) bond motifs is 1. The molecule has 3 nitrogen and oxygen atoms in total. The fraction of sp³-hybridized carbons (Fsp3) is 0.462. The maximum atomic E-state index is 4.55. The topological polar surface area (TPSA) is 29.3 Å². The molecule has 0 atom stereocenters. The Kier molecular flexibility index (Phi) is 2.21. The lowest BCUT2D eigenvalue weighted by Crippen LogP contribution is -2.21. The zero-order valence-corrected chi connectivity index (χ0v) is 9.61. The van der Waals surface area contributed by atoms with Crippen LogP contribution in [0.3, 0.4) is 0 Å². The summed E-state index contributed by atoms with van der Waals surface area (Å²) in [6, 6.07) is 6.08. The normalized spacial score (nSPS) is 17.8. The lowest BCUT2D eigenvalue weighted by atomic mass is 10.1. The van der Waals surface area contributed by atoms with E-state index in [1.54, 1.807) is 0 Å². The summed E-state index contributed by atoms with van der Waals surface area (Å²) in [4.78, 5) is 4.55. The summed E-state index contributed by atoms with van der Waals surface area (Å²) >= 11 is 0. The second-order valence-corrected chi connectivity index (χ2v) is 5.11. The minimum Gasteiger partial charge on any atom is -0.311 e. The zero-order chi connectivity index (χ0) is 11.0. The van der Waals surface area contributed by atoms with Crippen LogP contribution >= 0.6 is 0 Å². The first-order valence-corrected chi connectivity index (χ1v) is 5.89. The first kappa shape index (κ1) is 9.85. The highest BCUT2D eigenvalue weighted by molar-refractivity contribution is 5.39. The molecule has 1 N–H and O–H groups in total. The largest absolute Gasteiger partial charge is 0.311 e. The lowest BCUT2D eigenvalue weighted by molar-refractivity contribution is 0.497. The van der Waals surface area contributed by atoms with Gasteiger partial charge in [-0.2, -0.15) is 0 Å². The highest BCUT2D eigenvalue weighted by Gasteiger charge is 2.36. The Morgan fingerprint density at radius 3 is 3.06 bits per heavy atom. The molecule has 3 heteroatoms. The molecule has 2 aromatic heterocycles. The minimum absolute atomic E-state index is 0.569. The number of pyridine rings is 1. The van der Waals surface area contributed by atoms with Gasteiger partial charge in [0.2, 0.25) is 0 Å². The van der Waals surface area contributed by atoms with Crippen LogP contribution in [0.1, 0.15) is 25.5 Å². The number of nitrogens with one attached hydrogen (secondary N) is 1. The van der Waals surface area contributed by atoms with Crippen LogP contribution < -0.4 is 5.32 Å². The van der Waals surface area contributed by atoms with Gasteiger partial charge in [0.1, 0.15) is 5.65 Å². The number of imidazole rings is 1. The molecule has 0 amide bonds. The molecule has 1 aliphatic rings. The maximum Gasteiger partial charge on any atom is 0.137 e. The minimum atomic E-state index is 0.569. The first-order chi connectivity index (χ1) is 7.75. The van der Waals surface area contributed by atoms with Gasteiger partial charge in [0, 0.05) is 25.5 Å². The fourth-order valence-electron chi connectivity index (χ4n) is 1.95. The number of nitrogens with zero attached hydrogens (tertiary/aromatic N) is 2. The van der Waals surface area contributed by atoms with Gasteiger partial charge < -0.3 is 9.72 Å². The van der Waals surface area contributed by atoms with Gasteiger partial charge in [-0.25, -0.2) is 4.98 Å². The van der Waals surface area contributed by atoms with Gasteiger partial charge in [0.25, 0.3) is 0 Å². The average Bonchev–Trinajstić information content (AvgIpc) is 2.87. The molecule has 3 rings (SSSR count). The smallest absolute Gasteiger partial charge is 0.137 e. The van der Waals surface area contributed by atoms with E-state index in [-0.39, 0.29) is 0 Å². The van der Waals surface area contributed by atoms with Crippen LogP contribution in [0.4, 0.5) is 0 Å². The van der Waals surface area contributed by atoms with Crippen molar-refractivity contribution in [1.29, 1.82) is 0 Å². The van der Waals surface area contributed by atoms with Gasteiger partial charge in [0.05, 0.1) is 5.69 Å². The van der Waals surface area contributed by atoms with E-state index in [1.165, 1.54) is 12.8 Å². The lowest BCUT2D eigenvalue weighted by Gasteiger charge is -2.07. The quantitative estimate of drug-likeness (QED) is 0.847. The van der Waals surface area contributed by atoms with Gasteiger partial charge in [-0.3, -0.25) is 0 Å². The Morgan fingerprint density at radius 1 is 1.44 bits per heavy atom. The van der Waals surface area contributed by atoms with Crippen LogP contribution in [0.2, 0.25) is 0 Å². The van der Waals surface area contributed by atoms with Gasteiger partial charge in [0.15, 0.2) is 0 Å². The molecular weight excluding hydrogens is 198 g/mol. The van der Waals surface area contributed by atoms with Crippen LogP contribution in [0.25, 0.3) is 5.65 Å². The summed E-state index contributed by atoms with van der Waals surface area (Å²) in [5.74, 6) is 0. The monoisotopic (exact) mass is 215 g/mol. The standard InChI is InChI=1S/C13H17N3/c1-13(5-6-13)10-14-8-11-9-16-7-3-2-4-12(16)15-11/h2-4,7,9,14H,5-6,8,10H2,1H3. The van der Waals surface area contributed by atoms with Crippen molar-refractivity contribution in [1.82, 2.24) is 14.7 Å². The van der Waals surface area contributed by atoms with E-state index in [2.05, 4.69) is 27.8 Å². The van der Waals surface area contributed by atoms with Crippen LogP contribution in [-0.4, -0.2) is 15.9 Å². The summed E-state index contributed by atoms with van der Waals surface area (Å²) in [6.07, 6.45) is 6.86. The maximum absolute atomic E-state index is 4.55. The van der Waals surface area contributed by atoms with Crippen LogP contribution in [0, 0.1) is 5.41 Å². The van der Waals surface area contributed by atoms with E-state index in [0.29, 0.717) is 5.41 Å². The van der Waals surface area contributed by atoms with Gasteiger partial charge >= 0.3 is 0 Å². The Hall–Kier alpha value is -1.35. The predicted octanol–water partition coefficient (Wildman–Crippen LogP) is 2.22. The van der Waals surface area contributed by atoms with E-state index in [4.69, 9.17) is 0 Å². The van der Waals surface area contributed by atoms with Crippen LogP contribution in [-0.2, 0) is 6.54 Å². The number of hydrogen-bond donors (Lipinski definition) is 1. The van der Waals surface area contributed by atoms with Crippen molar-refractivity contribution in [3.63, 3.8) is 0 Å². The summed E-state index contributed by atoms with van der Waals surface area (Å²) in [7, 11) is 0. The average molecular weight is 215 g/mol. The van der Waals surface area contributed by atoms with Crippen molar-refractivity contribution in [2.45, 2.75) is 26.3 Å². The predicted molar refractivity (Wildman–Crippen MR) is 64.2 cm³/mol. The van der Waals surface area contributed by atoms with E-state index in [0.717, 1.165) is 24.4 Å². The van der Waals surface area contributed by atoms with Crippen molar-refractivity contribution in [2.24, 2.45) is 5.41 Å². The molecule has 1 fully saturated rings. The number of rotatable bonds is 4. The van der Waals surface area contributed by atoms with Crippen molar-refractivity contribution >= 4 is 5.65 Å². The van der Waals surface area contributed by atoms with E-state index in [9.17, 15) is 0 Å². The van der Waals surface area contributed by atoms with Crippen molar-refractivity contribution in [2.75, 3.05) is 6.54 Å². The molecule has 0 aromatic carbocycles. The second-order valence-electron chi connectivity index (χ2n) is 5.11. The van der Waals surface area contributed by atoms with E-state index >= 15 is 0 Å². The first-order valence-electron chi connectivity index (χ1n) is 5.89. The molecule has 16 heavy (non-hydrogen) atoms. The highest BCUT2D eigenvalue weighted by atomic mass is 15.0. The Bertz CT molecular complexity index is 464. The Morgan fingerprint density at radius 2 is 2.31 bits per heavy atom. The summed E-state index contributed by atoms with van der Waals surface area (Å²) in [5.41, 5.74) is 2.71. The molecule has 1 saturated carbocycles. The molecule has 2 aromatic rings. The van der Waals surface area contributed by atoms with E-state index < -0.39 is 0 Å². The summed E-state index contributed by atoms with van der Waals surface area (Å²) in [5, 5.41) is 3.49.